The fourth-order valence-corrected chi connectivity index (χ4v) is 4.69. The largest absolute Gasteiger partial charge is 0.497 e. The van der Waals surface area contributed by atoms with E-state index in [2.05, 4.69) is 30.4 Å². The van der Waals surface area contributed by atoms with Gasteiger partial charge in [-0.05, 0) is 43.2 Å². The standard InChI is InChI=1S/C21H24N4O2S/c1-13-11-14(2)23-21-17(13)18-19(28-21)20(24-25(18)9-10-26-3)22-12-15-5-7-16(27-4)8-6-15/h5-8,11H,9-10,12H2,1-4H3,(H,22,24). The molecule has 4 aromatic rings. The third kappa shape index (κ3) is 3.43. The molecule has 0 aliphatic rings. The highest BCUT2D eigenvalue weighted by Gasteiger charge is 2.19. The van der Waals surface area contributed by atoms with Crippen LogP contribution in [0.4, 0.5) is 5.82 Å². The first kappa shape index (κ1) is 18.7. The van der Waals surface area contributed by atoms with Crippen molar-refractivity contribution in [1.29, 1.82) is 0 Å². The van der Waals surface area contributed by atoms with Crippen LogP contribution in [0.3, 0.4) is 0 Å². The molecule has 0 aliphatic carbocycles. The van der Waals surface area contributed by atoms with Crippen molar-refractivity contribution in [3.8, 4) is 5.75 Å². The zero-order chi connectivity index (χ0) is 19.7. The number of anilines is 1. The quantitative estimate of drug-likeness (QED) is 0.497. The second-order valence-electron chi connectivity index (χ2n) is 6.81. The summed E-state index contributed by atoms with van der Waals surface area (Å²) in [6.45, 7) is 6.19. The lowest BCUT2D eigenvalue weighted by molar-refractivity contribution is 0.185. The monoisotopic (exact) mass is 396 g/mol. The summed E-state index contributed by atoms with van der Waals surface area (Å²) in [7, 11) is 3.39. The van der Waals surface area contributed by atoms with Crippen LogP contribution in [0.5, 0.6) is 5.75 Å². The second-order valence-corrected chi connectivity index (χ2v) is 7.81. The number of fused-ring (bicyclic) bond motifs is 3. The van der Waals surface area contributed by atoms with Crippen molar-refractivity contribution in [2.75, 3.05) is 26.1 Å². The van der Waals surface area contributed by atoms with Crippen molar-refractivity contribution >= 4 is 37.6 Å². The zero-order valence-electron chi connectivity index (χ0n) is 16.6. The second kappa shape index (κ2) is 7.77. The predicted octanol–water partition coefficient (Wildman–Crippen LogP) is 4.53. The van der Waals surface area contributed by atoms with Crippen molar-refractivity contribution in [2.45, 2.75) is 26.9 Å². The number of aryl methyl sites for hydroxylation is 2. The van der Waals surface area contributed by atoms with E-state index in [1.54, 1.807) is 25.6 Å². The Labute approximate surface area is 168 Å². The van der Waals surface area contributed by atoms with Gasteiger partial charge in [0.1, 0.15) is 10.6 Å². The summed E-state index contributed by atoms with van der Waals surface area (Å²) < 4.78 is 13.7. The van der Waals surface area contributed by atoms with E-state index in [1.807, 2.05) is 23.7 Å². The average Bonchev–Trinajstić information content (AvgIpc) is 3.22. The highest BCUT2D eigenvalue weighted by atomic mass is 32.1. The Morgan fingerprint density at radius 1 is 1.14 bits per heavy atom. The summed E-state index contributed by atoms with van der Waals surface area (Å²) >= 11 is 1.69. The van der Waals surface area contributed by atoms with Gasteiger partial charge in [-0.15, -0.1) is 11.3 Å². The first-order valence-corrected chi connectivity index (χ1v) is 10.1. The zero-order valence-corrected chi connectivity index (χ0v) is 17.4. The number of benzene rings is 1. The van der Waals surface area contributed by atoms with Crippen LogP contribution >= 0.6 is 11.3 Å². The normalized spacial score (nSPS) is 11.4. The molecule has 0 fully saturated rings. The number of hydrogen-bond acceptors (Lipinski definition) is 6. The Hall–Kier alpha value is -2.64. The maximum Gasteiger partial charge on any atom is 0.166 e. The van der Waals surface area contributed by atoms with Crippen LogP contribution in [-0.2, 0) is 17.8 Å². The summed E-state index contributed by atoms with van der Waals surface area (Å²) in [5.74, 6) is 1.75. The lowest BCUT2D eigenvalue weighted by Gasteiger charge is -2.06. The molecule has 0 unspecified atom stereocenters. The average molecular weight is 397 g/mol. The molecule has 0 amide bonds. The van der Waals surface area contributed by atoms with Crippen molar-refractivity contribution in [2.24, 2.45) is 0 Å². The summed E-state index contributed by atoms with van der Waals surface area (Å²) in [6.07, 6.45) is 0. The van der Waals surface area contributed by atoms with Gasteiger partial charge in [-0.25, -0.2) is 4.98 Å². The molecular weight excluding hydrogens is 372 g/mol. The van der Waals surface area contributed by atoms with E-state index >= 15 is 0 Å². The Morgan fingerprint density at radius 3 is 2.64 bits per heavy atom. The predicted molar refractivity (Wildman–Crippen MR) is 115 cm³/mol. The molecule has 0 saturated heterocycles. The number of aromatic nitrogens is 3. The number of ether oxygens (including phenoxy) is 2. The van der Waals surface area contributed by atoms with Crippen LogP contribution in [0.1, 0.15) is 16.8 Å². The highest BCUT2D eigenvalue weighted by Crippen LogP contribution is 2.39. The molecule has 0 saturated carbocycles. The summed E-state index contributed by atoms with van der Waals surface area (Å²) in [6, 6.07) is 10.2. The van der Waals surface area contributed by atoms with Gasteiger partial charge in [-0.2, -0.15) is 5.10 Å². The Balaban J connectivity index is 1.73. The number of thiophene rings is 1. The third-order valence-electron chi connectivity index (χ3n) is 4.78. The fourth-order valence-electron chi connectivity index (χ4n) is 3.43. The number of nitrogens with one attached hydrogen (secondary N) is 1. The maximum atomic E-state index is 5.29. The number of rotatable bonds is 7. The number of hydrogen-bond donors (Lipinski definition) is 1. The van der Waals surface area contributed by atoms with Crippen LogP contribution in [0.15, 0.2) is 30.3 Å². The number of pyridine rings is 1. The molecule has 0 spiro atoms. The molecule has 146 valence electrons. The molecule has 28 heavy (non-hydrogen) atoms. The highest BCUT2D eigenvalue weighted by molar-refractivity contribution is 7.26. The van der Waals surface area contributed by atoms with Crippen molar-refractivity contribution in [3.05, 3.63) is 47.2 Å². The Morgan fingerprint density at radius 2 is 1.93 bits per heavy atom. The van der Waals surface area contributed by atoms with E-state index < -0.39 is 0 Å². The topological polar surface area (TPSA) is 61.2 Å². The smallest absolute Gasteiger partial charge is 0.166 e. The first-order valence-electron chi connectivity index (χ1n) is 9.23. The summed E-state index contributed by atoms with van der Waals surface area (Å²) in [5.41, 5.74) is 4.58. The van der Waals surface area contributed by atoms with Gasteiger partial charge in [-0.3, -0.25) is 4.68 Å². The lowest BCUT2D eigenvalue weighted by atomic mass is 10.1. The van der Waals surface area contributed by atoms with Crippen LogP contribution in [0, 0.1) is 13.8 Å². The number of methoxy groups -OCH3 is 2. The fraction of sp³-hybridized carbons (Fsp3) is 0.333. The van der Waals surface area contributed by atoms with Crippen LogP contribution in [0.25, 0.3) is 20.4 Å². The molecule has 1 aromatic carbocycles. The molecular formula is C21H24N4O2S. The molecule has 0 radical (unpaired) electrons. The molecule has 3 heterocycles. The first-order chi connectivity index (χ1) is 13.6. The molecule has 0 bridgehead atoms. The maximum absolute atomic E-state index is 5.29. The van der Waals surface area contributed by atoms with Gasteiger partial charge in [0, 0.05) is 24.7 Å². The van der Waals surface area contributed by atoms with E-state index in [1.165, 1.54) is 16.5 Å². The summed E-state index contributed by atoms with van der Waals surface area (Å²) in [5, 5.41) is 9.52. The van der Waals surface area contributed by atoms with Gasteiger partial charge in [-0.1, -0.05) is 12.1 Å². The van der Waals surface area contributed by atoms with Crippen LogP contribution < -0.4 is 10.1 Å². The molecule has 1 N–H and O–H groups in total. The van der Waals surface area contributed by atoms with E-state index in [-0.39, 0.29) is 0 Å². The minimum absolute atomic E-state index is 0.615. The SMILES string of the molecule is COCCn1nc(NCc2ccc(OC)cc2)c2sc3nc(C)cc(C)c3c21. The van der Waals surface area contributed by atoms with E-state index in [4.69, 9.17) is 19.6 Å². The molecule has 4 rings (SSSR count). The molecule has 7 heteroatoms. The van der Waals surface area contributed by atoms with Crippen molar-refractivity contribution in [3.63, 3.8) is 0 Å². The minimum atomic E-state index is 0.615. The van der Waals surface area contributed by atoms with E-state index in [0.717, 1.165) is 32.3 Å². The minimum Gasteiger partial charge on any atom is -0.497 e. The Bertz CT molecular complexity index is 1120. The van der Waals surface area contributed by atoms with Gasteiger partial charge in [0.15, 0.2) is 5.82 Å². The van der Waals surface area contributed by atoms with Crippen molar-refractivity contribution < 1.29 is 9.47 Å². The molecule has 3 aromatic heterocycles. The summed E-state index contributed by atoms with van der Waals surface area (Å²) in [4.78, 5) is 5.81. The van der Waals surface area contributed by atoms with Crippen LogP contribution in [-0.4, -0.2) is 35.6 Å². The van der Waals surface area contributed by atoms with E-state index in [9.17, 15) is 0 Å². The molecule has 0 aliphatic heterocycles. The van der Waals surface area contributed by atoms with Crippen molar-refractivity contribution in [1.82, 2.24) is 14.8 Å². The van der Waals surface area contributed by atoms with Gasteiger partial charge >= 0.3 is 0 Å². The van der Waals surface area contributed by atoms with Crippen LogP contribution in [0.2, 0.25) is 0 Å². The van der Waals surface area contributed by atoms with Gasteiger partial charge in [0.25, 0.3) is 0 Å². The molecule has 0 atom stereocenters. The lowest BCUT2D eigenvalue weighted by Crippen LogP contribution is -2.07. The number of nitrogens with zero attached hydrogens (tertiary/aromatic N) is 3. The van der Waals surface area contributed by atoms with E-state index in [0.29, 0.717) is 19.7 Å². The third-order valence-corrected chi connectivity index (χ3v) is 5.86. The van der Waals surface area contributed by atoms with Gasteiger partial charge in [0.2, 0.25) is 0 Å². The van der Waals surface area contributed by atoms with Gasteiger partial charge < -0.3 is 14.8 Å². The van der Waals surface area contributed by atoms with Gasteiger partial charge in [0.05, 0.1) is 30.5 Å². The Kier molecular flexibility index (Phi) is 5.19. The molecule has 6 nitrogen and oxygen atoms in total.